The van der Waals surface area contributed by atoms with Crippen molar-refractivity contribution in [3.63, 3.8) is 0 Å². The van der Waals surface area contributed by atoms with Crippen LogP contribution in [0.4, 0.5) is 5.82 Å². The van der Waals surface area contributed by atoms with Gasteiger partial charge in [-0.15, -0.1) is 0 Å². The minimum Gasteiger partial charge on any atom is -0.494 e. The number of rotatable bonds is 6. The Labute approximate surface area is 170 Å². The van der Waals surface area contributed by atoms with Crippen LogP contribution in [-0.2, 0) is 11.3 Å². The Morgan fingerprint density at radius 3 is 2.97 bits per heavy atom. The fourth-order valence-electron chi connectivity index (χ4n) is 3.42. The van der Waals surface area contributed by atoms with E-state index < -0.39 is 7.12 Å². The van der Waals surface area contributed by atoms with Crippen LogP contribution in [0.5, 0.6) is 5.75 Å². The second kappa shape index (κ2) is 8.18. The largest absolute Gasteiger partial charge is 0.494 e. The number of methoxy groups -OCH3 is 1. The highest BCUT2D eigenvalue weighted by atomic mass is 16.5. The van der Waals surface area contributed by atoms with Gasteiger partial charge in [0.25, 0.3) is 0 Å². The molecule has 1 N–H and O–H groups in total. The molecule has 29 heavy (non-hydrogen) atoms. The van der Waals surface area contributed by atoms with E-state index in [0.717, 1.165) is 33.3 Å². The van der Waals surface area contributed by atoms with Crippen LogP contribution in [0.25, 0.3) is 10.9 Å². The molecule has 0 aliphatic carbocycles. The molecule has 4 rings (SSSR count). The van der Waals surface area contributed by atoms with Crippen LogP contribution in [0.15, 0.2) is 47.8 Å². The van der Waals surface area contributed by atoms with Crippen LogP contribution in [-0.4, -0.2) is 42.0 Å². The summed E-state index contributed by atoms with van der Waals surface area (Å²) in [5, 5.41) is 17.3. The van der Waals surface area contributed by atoms with E-state index >= 15 is 0 Å². The van der Waals surface area contributed by atoms with Gasteiger partial charge in [-0.2, -0.15) is 5.10 Å². The molecule has 148 valence electrons. The first-order valence-corrected chi connectivity index (χ1v) is 9.58. The van der Waals surface area contributed by atoms with Gasteiger partial charge in [-0.05, 0) is 40.7 Å². The topological polar surface area (TPSA) is 80.1 Å². The van der Waals surface area contributed by atoms with Crippen molar-refractivity contribution in [1.82, 2.24) is 9.97 Å². The first-order chi connectivity index (χ1) is 14.1. The second-order valence-electron chi connectivity index (χ2n) is 7.40. The number of hydrogen-bond acceptors (Lipinski definition) is 7. The summed E-state index contributed by atoms with van der Waals surface area (Å²) in [6, 6.07) is 11.6. The Morgan fingerprint density at radius 2 is 2.17 bits per heavy atom. The van der Waals surface area contributed by atoms with Crippen molar-refractivity contribution in [3.05, 3.63) is 53.9 Å². The zero-order valence-electron chi connectivity index (χ0n) is 16.7. The van der Waals surface area contributed by atoms with Crippen molar-refractivity contribution in [2.24, 2.45) is 11.0 Å². The average molecular weight is 390 g/mol. The van der Waals surface area contributed by atoms with Crippen LogP contribution < -0.4 is 15.2 Å². The van der Waals surface area contributed by atoms with E-state index in [1.54, 1.807) is 7.11 Å². The quantitative estimate of drug-likeness (QED) is 0.396. The van der Waals surface area contributed by atoms with Crippen molar-refractivity contribution >= 4 is 35.5 Å². The summed E-state index contributed by atoms with van der Waals surface area (Å²) < 4.78 is 10.7. The number of ether oxygens (including phenoxy) is 1. The van der Waals surface area contributed by atoms with Crippen LogP contribution >= 0.6 is 0 Å². The molecule has 0 unspecified atom stereocenters. The lowest BCUT2D eigenvalue weighted by atomic mass is 9.79. The first kappa shape index (κ1) is 19.4. The fraction of sp³-hybridized carbons (Fsp3) is 0.286. The molecule has 0 amide bonds. The lowest BCUT2D eigenvalue weighted by Gasteiger charge is -2.21. The number of para-hydroxylation sites is 1. The Hall–Kier alpha value is -2.97. The molecule has 0 atom stereocenters. The number of nitrogens with zero attached hydrogens (tertiary/aromatic N) is 4. The molecule has 1 aromatic heterocycles. The standard InChI is InChI=1S/C21H23BN4O3/c1-14(2)11-26(21-17-5-4-6-19(28-3)20(17)23-13-24-21)25-10-15-7-8-18-16(9-15)12-29-22(18)27/h4-10,13-14,27H,11-12H2,1-3H3/b25-10+. The smallest absolute Gasteiger partial charge is 0.491 e. The van der Waals surface area contributed by atoms with Gasteiger partial charge in [0, 0.05) is 11.9 Å². The molecular formula is C21H23BN4O3. The Bertz CT molecular complexity index is 1060. The van der Waals surface area contributed by atoms with E-state index in [9.17, 15) is 5.02 Å². The van der Waals surface area contributed by atoms with Gasteiger partial charge in [0.2, 0.25) is 0 Å². The van der Waals surface area contributed by atoms with Gasteiger partial charge in [-0.1, -0.05) is 32.0 Å². The van der Waals surface area contributed by atoms with Crippen LogP contribution in [0, 0.1) is 5.92 Å². The predicted octanol–water partition coefficient (Wildman–Crippen LogP) is 2.35. The van der Waals surface area contributed by atoms with Gasteiger partial charge < -0.3 is 14.4 Å². The maximum absolute atomic E-state index is 9.79. The van der Waals surface area contributed by atoms with E-state index in [0.29, 0.717) is 24.8 Å². The summed E-state index contributed by atoms with van der Waals surface area (Å²) in [6.07, 6.45) is 3.35. The minimum absolute atomic E-state index is 0.381. The van der Waals surface area contributed by atoms with E-state index in [1.165, 1.54) is 6.33 Å². The van der Waals surface area contributed by atoms with E-state index in [2.05, 4.69) is 23.8 Å². The normalized spacial score (nSPS) is 13.5. The summed E-state index contributed by atoms with van der Waals surface area (Å²) in [5.41, 5.74) is 3.49. The molecule has 7 nitrogen and oxygen atoms in total. The van der Waals surface area contributed by atoms with Crippen molar-refractivity contribution in [2.75, 3.05) is 18.7 Å². The summed E-state index contributed by atoms with van der Waals surface area (Å²) >= 11 is 0. The Kier molecular flexibility index (Phi) is 5.46. The molecule has 8 heteroatoms. The monoisotopic (exact) mass is 390 g/mol. The number of hydrogen-bond donors (Lipinski definition) is 1. The minimum atomic E-state index is -0.837. The number of benzene rings is 2. The number of fused-ring (bicyclic) bond motifs is 2. The van der Waals surface area contributed by atoms with Gasteiger partial charge in [0.1, 0.15) is 17.6 Å². The molecule has 0 fully saturated rings. The highest BCUT2D eigenvalue weighted by Gasteiger charge is 2.26. The lowest BCUT2D eigenvalue weighted by Crippen LogP contribution is -2.27. The third kappa shape index (κ3) is 3.94. The van der Waals surface area contributed by atoms with Crippen LogP contribution in [0.1, 0.15) is 25.0 Å². The second-order valence-corrected chi connectivity index (χ2v) is 7.40. The van der Waals surface area contributed by atoms with Crippen molar-refractivity contribution in [1.29, 1.82) is 0 Å². The molecule has 2 aromatic carbocycles. The molecule has 0 spiro atoms. The first-order valence-electron chi connectivity index (χ1n) is 9.58. The van der Waals surface area contributed by atoms with Gasteiger partial charge in [-0.25, -0.2) is 15.0 Å². The SMILES string of the molecule is COc1cccc2c(N(CC(C)C)/N=C/c3ccc4c(c3)COB4O)ncnc12. The Balaban J connectivity index is 1.71. The van der Waals surface area contributed by atoms with E-state index in [-0.39, 0.29) is 0 Å². The van der Waals surface area contributed by atoms with Gasteiger partial charge in [-0.3, -0.25) is 0 Å². The van der Waals surface area contributed by atoms with Gasteiger partial charge >= 0.3 is 7.12 Å². The molecule has 0 bridgehead atoms. The fourth-order valence-corrected chi connectivity index (χ4v) is 3.42. The zero-order chi connectivity index (χ0) is 20.4. The van der Waals surface area contributed by atoms with Crippen molar-refractivity contribution in [3.8, 4) is 5.75 Å². The highest BCUT2D eigenvalue weighted by molar-refractivity contribution is 6.61. The van der Waals surface area contributed by atoms with E-state index in [1.807, 2.05) is 47.6 Å². The van der Waals surface area contributed by atoms with Crippen LogP contribution in [0.2, 0.25) is 0 Å². The molecule has 1 aliphatic rings. The number of anilines is 1. The summed E-state index contributed by atoms with van der Waals surface area (Å²) in [4.78, 5) is 8.89. The molecule has 0 saturated carbocycles. The molecular weight excluding hydrogens is 367 g/mol. The maximum atomic E-state index is 9.79. The average Bonchev–Trinajstić information content (AvgIpc) is 3.10. The predicted molar refractivity (Wildman–Crippen MR) is 115 cm³/mol. The molecule has 0 saturated heterocycles. The maximum Gasteiger partial charge on any atom is 0.491 e. The summed E-state index contributed by atoms with van der Waals surface area (Å²) in [5.74, 6) is 1.82. The molecule has 1 aliphatic heterocycles. The van der Waals surface area contributed by atoms with Crippen molar-refractivity contribution < 1.29 is 14.4 Å². The molecule has 0 radical (unpaired) electrons. The van der Waals surface area contributed by atoms with E-state index in [4.69, 9.17) is 14.5 Å². The molecule has 3 aromatic rings. The number of hydrazone groups is 1. The van der Waals surface area contributed by atoms with Gasteiger partial charge in [0.15, 0.2) is 5.82 Å². The van der Waals surface area contributed by atoms with Gasteiger partial charge in [0.05, 0.1) is 19.9 Å². The summed E-state index contributed by atoms with van der Waals surface area (Å²) in [6.45, 7) is 5.39. The summed E-state index contributed by atoms with van der Waals surface area (Å²) in [7, 11) is 0.797. The third-order valence-electron chi connectivity index (χ3n) is 4.79. The van der Waals surface area contributed by atoms with Crippen LogP contribution in [0.3, 0.4) is 0 Å². The molecule has 2 heterocycles. The Morgan fingerprint density at radius 1 is 1.31 bits per heavy atom. The third-order valence-corrected chi connectivity index (χ3v) is 4.79. The zero-order valence-corrected chi connectivity index (χ0v) is 16.7. The lowest BCUT2D eigenvalue weighted by molar-refractivity contribution is 0.275. The number of aromatic nitrogens is 2. The highest BCUT2D eigenvalue weighted by Crippen LogP contribution is 2.29. The van der Waals surface area contributed by atoms with Crippen molar-refractivity contribution in [2.45, 2.75) is 20.5 Å².